The molecule has 1 fully saturated rings. The maximum absolute atomic E-state index is 11.9. The van der Waals surface area contributed by atoms with E-state index in [1.165, 1.54) is 0 Å². The Hall–Kier alpha value is -0.590. The molecular formula is C14H23N3OS2. The molecule has 20 heavy (non-hydrogen) atoms. The molecule has 2 rings (SSSR count). The van der Waals surface area contributed by atoms with E-state index in [1.54, 1.807) is 23.1 Å². The number of amides is 1. The van der Waals surface area contributed by atoms with Crippen LogP contribution < -0.4 is 11.1 Å². The molecule has 1 aromatic heterocycles. The quantitative estimate of drug-likeness (QED) is 0.847. The number of thioether (sulfide) groups is 1. The molecule has 3 N–H and O–H groups in total. The maximum Gasteiger partial charge on any atom is 0.237 e. The number of primary amides is 1. The Kier molecular flexibility index (Phi) is 5.46. The molecule has 1 heterocycles. The molecule has 6 heteroatoms. The normalized spacial score (nSPS) is 26.6. The molecule has 1 aliphatic carbocycles. The summed E-state index contributed by atoms with van der Waals surface area (Å²) in [7, 11) is 0. The lowest BCUT2D eigenvalue weighted by atomic mass is 9.80. The van der Waals surface area contributed by atoms with Crippen molar-refractivity contribution in [2.24, 2.45) is 5.73 Å². The number of hydrogen-bond acceptors (Lipinski definition) is 5. The molecule has 0 bridgehead atoms. The first-order chi connectivity index (χ1) is 9.55. The molecule has 0 saturated heterocycles. The van der Waals surface area contributed by atoms with E-state index >= 15 is 0 Å². The van der Waals surface area contributed by atoms with Gasteiger partial charge in [-0.05, 0) is 45.6 Å². The minimum absolute atomic E-state index is 0.202. The molecular weight excluding hydrogens is 290 g/mol. The summed E-state index contributed by atoms with van der Waals surface area (Å²) in [4.78, 5) is 16.4. The van der Waals surface area contributed by atoms with Gasteiger partial charge in [-0.3, -0.25) is 4.79 Å². The van der Waals surface area contributed by atoms with Crippen LogP contribution in [0, 0.1) is 6.92 Å². The lowest BCUT2D eigenvalue weighted by Crippen LogP contribution is -2.58. The molecule has 112 valence electrons. The van der Waals surface area contributed by atoms with E-state index in [2.05, 4.69) is 22.6 Å². The number of carbonyl (C=O) groups is 1. The summed E-state index contributed by atoms with van der Waals surface area (Å²) >= 11 is 3.48. The Morgan fingerprint density at radius 2 is 2.50 bits per heavy atom. The third-order valence-corrected chi connectivity index (χ3v) is 6.11. The van der Waals surface area contributed by atoms with Crippen molar-refractivity contribution in [3.63, 3.8) is 0 Å². The van der Waals surface area contributed by atoms with E-state index in [9.17, 15) is 4.79 Å². The zero-order valence-corrected chi connectivity index (χ0v) is 13.8. The molecule has 1 aliphatic rings. The second kappa shape index (κ2) is 6.91. The number of aromatic nitrogens is 1. The summed E-state index contributed by atoms with van der Waals surface area (Å²) in [6, 6.07) is 0. The average Bonchev–Trinajstić information content (AvgIpc) is 2.82. The standard InChI is InChI=1S/C14H23N3OS2/c1-3-7-16-14(12(15)18)6-4-5-11(8-14)20-13-17-10(2)9-19-13/h9,11,16H,3-8H2,1-2H3,(H2,15,18). The van der Waals surface area contributed by atoms with Crippen LogP contribution in [0.25, 0.3) is 0 Å². The second-order valence-corrected chi connectivity index (χ2v) is 7.87. The summed E-state index contributed by atoms with van der Waals surface area (Å²) in [5, 5.41) is 5.89. The van der Waals surface area contributed by atoms with Gasteiger partial charge in [0.05, 0.1) is 5.54 Å². The molecule has 0 aliphatic heterocycles. The van der Waals surface area contributed by atoms with Crippen LogP contribution in [-0.2, 0) is 4.79 Å². The van der Waals surface area contributed by atoms with E-state index in [-0.39, 0.29) is 5.91 Å². The number of thiazole rings is 1. The van der Waals surface area contributed by atoms with Crippen LogP contribution in [-0.4, -0.2) is 28.2 Å². The minimum atomic E-state index is -0.516. The Bertz CT molecular complexity index is 463. The van der Waals surface area contributed by atoms with Crippen molar-refractivity contribution in [3.8, 4) is 0 Å². The van der Waals surface area contributed by atoms with Crippen molar-refractivity contribution in [1.82, 2.24) is 10.3 Å². The zero-order valence-electron chi connectivity index (χ0n) is 12.1. The fraction of sp³-hybridized carbons (Fsp3) is 0.714. The van der Waals surface area contributed by atoms with Crippen LogP contribution in [0.1, 0.15) is 44.7 Å². The maximum atomic E-state index is 11.9. The van der Waals surface area contributed by atoms with Gasteiger partial charge in [-0.15, -0.1) is 11.3 Å². The predicted molar refractivity (Wildman–Crippen MR) is 85.2 cm³/mol. The third kappa shape index (κ3) is 3.74. The van der Waals surface area contributed by atoms with Crippen molar-refractivity contribution in [2.75, 3.05) is 6.54 Å². The molecule has 2 unspecified atom stereocenters. The number of carbonyl (C=O) groups excluding carboxylic acids is 1. The van der Waals surface area contributed by atoms with Crippen LogP contribution in [0.2, 0.25) is 0 Å². The number of nitrogens with zero attached hydrogens (tertiary/aromatic N) is 1. The van der Waals surface area contributed by atoms with Gasteiger partial charge in [0, 0.05) is 16.3 Å². The van der Waals surface area contributed by atoms with Crippen molar-refractivity contribution in [2.45, 2.75) is 61.1 Å². The van der Waals surface area contributed by atoms with Crippen molar-refractivity contribution in [1.29, 1.82) is 0 Å². The number of nitrogens with two attached hydrogens (primary N) is 1. The highest BCUT2D eigenvalue weighted by Gasteiger charge is 2.41. The topological polar surface area (TPSA) is 68.0 Å². The Morgan fingerprint density at radius 3 is 3.10 bits per heavy atom. The highest BCUT2D eigenvalue weighted by molar-refractivity contribution is 8.01. The monoisotopic (exact) mass is 313 g/mol. The smallest absolute Gasteiger partial charge is 0.237 e. The van der Waals surface area contributed by atoms with Gasteiger partial charge in [0.15, 0.2) is 0 Å². The third-order valence-electron chi connectivity index (χ3n) is 3.76. The number of rotatable bonds is 6. The van der Waals surface area contributed by atoms with Crippen LogP contribution in [0.5, 0.6) is 0 Å². The van der Waals surface area contributed by atoms with E-state index in [0.717, 1.165) is 48.7 Å². The van der Waals surface area contributed by atoms with Crippen molar-refractivity contribution in [3.05, 3.63) is 11.1 Å². The lowest BCUT2D eigenvalue weighted by molar-refractivity contribution is -0.125. The first-order valence-electron chi connectivity index (χ1n) is 7.19. The SMILES string of the molecule is CCCNC1(C(N)=O)CCCC(Sc2nc(C)cs2)C1. The molecule has 4 nitrogen and oxygen atoms in total. The largest absolute Gasteiger partial charge is 0.368 e. The van der Waals surface area contributed by atoms with Crippen LogP contribution >= 0.6 is 23.1 Å². The minimum Gasteiger partial charge on any atom is -0.368 e. The van der Waals surface area contributed by atoms with Crippen molar-refractivity contribution >= 4 is 29.0 Å². The van der Waals surface area contributed by atoms with Crippen LogP contribution in [0.15, 0.2) is 9.72 Å². The fourth-order valence-corrected chi connectivity index (χ4v) is 5.12. The number of nitrogens with one attached hydrogen (secondary N) is 1. The molecule has 1 saturated carbocycles. The number of hydrogen-bond donors (Lipinski definition) is 2. The zero-order chi connectivity index (χ0) is 14.6. The molecule has 1 amide bonds. The first-order valence-corrected chi connectivity index (χ1v) is 8.95. The molecule has 0 aromatic carbocycles. The van der Waals surface area contributed by atoms with E-state index in [0.29, 0.717) is 5.25 Å². The Balaban J connectivity index is 2.03. The van der Waals surface area contributed by atoms with E-state index < -0.39 is 5.54 Å². The highest BCUT2D eigenvalue weighted by Crippen LogP contribution is 2.39. The first kappa shape index (κ1) is 15.8. The van der Waals surface area contributed by atoms with Gasteiger partial charge in [0.1, 0.15) is 4.34 Å². The van der Waals surface area contributed by atoms with E-state index in [4.69, 9.17) is 5.73 Å². The van der Waals surface area contributed by atoms with Crippen LogP contribution in [0.4, 0.5) is 0 Å². The second-order valence-electron chi connectivity index (χ2n) is 5.46. The van der Waals surface area contributed by atoms with Gasteiger partial charge >= 0.3 is 0 Å². The summed E-state index contributed by atoms with van der Waals surface area (Å²) < 4.78 is 1.10. The fourth-order valence-electron chi connectivity index (χ4n) is 2.69. The predicted octanol–water partition coefficient (Wildman–Crippen LogP) is 2.71. The van der Waals surface area contributed by atoms with Gasteiger partial charge < -0.3 is 11.1 Å². The Labute approximate surface area is 128 Å². The number of aryl methyl sites for hydroxylation is 1. The molecule has 0 radical (unpaired) electrons. The summed E-state index contributed by atoms with van der Waals surface area (Å²) in [6.45, 7) is 4.96. The van der Waals surface area contributed by atoms with Gasteiger partial charge in [0.25, 0.3) is 0 Å². The summed E-state index contributed by atoms with van der Waals surface area (Å²) in [6.07, 6.45) is 4.86. The van der Waals surface area contributed by atoms with E-state index in [1.807, 2.05) is 6.92 Å². The highest BCUT2D eigenvalue weighted by atomic mass is 32.2. The lowest BCUT2D eigenvalue weighted by Gasteiger charge is -2.38. The van der Waals surface area contributed by atoms with Gasteiger partial charge in [-0.2, -0.15) is 0 Å². The molecule has 2 atom stereocenters. The Morgan fingerprint density at radius 1 is 1.70 bits per heavy atom. The summed E-state index contributed by atoms with van der Waals surface area (Å²) in [5.74, 6) is -0.202. The van der Waals surface area contributed by atoms with Gasteiger partial charge in [-0.25, -0.2) is 4.98 Å². The van der Waals surface area contributed by atoms with Crippen molar-refractivity contribution < 1.29 is 4.79 Å². The average molecular weight is 313 g/mol. The van der Waals surface area contributed by atoms with Crippen LogP contribution in [0.3, 0.4) is 0 Å². The molecule has 0 spiro atoms. The summed E-state index contributed by atoms with van der Waals surface area (Å²) in [5.41, 5.74) is 6.23. The van der Waals surface area contributed by atoms with Gasteiger partial charge in [0.2, 0.25) is 5.91 Å². The van der Waals surface area contributed by atoms with Gasteiger partial charge in [-0.1, -0.05) is 18.7 Å². The molecule has 1 aromatic rings.